The van der Waals surface area contributed by atoms with Crippen molar-refractivity contribution in [3.63, 3.8) is 0 Å². The summed E-state index contributed by atoms with van der Waals surface area (Å²) >= 11 is 0. The first-order valence-electron chi connectivity index (χ1n) is 5.28. The molecular formula is C10H14O6. The molecule has 0 N–H and O–H groups in total. The second kappa shape index (κ2) is 5.27. The van der Waals surface area contributed by atoms with Crippen molar-refractivity contribution < 1.29 is 28.5 Å². The maximum absolute atomic E-state index is 11.1. The lowest BCUT2D eigenvalue weighted by Crippen LogP contribution is -2.14. The number of carbonyl (C=O) groups excluding carboxylic acids is 2. The molecule has 2 aliphatic rings. The summed E-state index contributed by atoms with van der Waals surface area (Å²) in [6.07, 6.45) is 0.222. The zero-order valence-electron chi connectivity index (χ0n) is 8.85. The molecular weight excluding hydrogens is 216 g/mol. The van der Waals surface area contributed by atoms with E-state index < -0.39 is 11.9 Å². The van der Waals surface area contributed by atoms with Crippen molar-refractivity contribution in [3.05, 3.63) is 0 Å². The van der Waals surface area contributed by atoms with Crippen molar-refractivity contribution in [1.29, 1.82) is 0 Å². The Balaban J connectivity index is 1.47. The van der Waals surface area contributed by atoms with Crippen LogP contribution in [0.15, 0.2) is 0 Å². The van der Waals surface area contributed by atoms with Gasteiger partial charge in [-0.05, 0) is 0 Å². The lowest BCUT2D eigenvalue weighted by atomic mass is 10.3. The van der Waals surface area contributed by atoms with E-state index in [0.29, 0.717) is 13.2 Å². The summed E-state index contributed by atoms with van der Waals surface area (Å²) in [5.41, 5.74) is 0. The van der Waals surface area contributed by atoms with Crippen molar-refractivity contribution in [2.75, 3.05) is 26.4 Å². The van der Waals surface area contributed by atoms with Gasteiger partial charge < -0.3 is 18.9 Å². The molecule has 16 heavy (non-hydrogen) atoms. The Morgan fingerprint density at radius 2 is 1.31 bits per heavy atom. The molecule has 2 fully saturated rings. The molecule has 0 saturated carbocycles. The van der Waals surface area contributed by atoms with E-state index in [1.165, 1.54) is 0 Å². The predicted molar refractivity (Wildman–Crippen MR) is 50.6 cm³/mol. The highest BCUT2D eigenvalue weighted by Gasteiger charge is 2.25. The second-order valence-corrected chi connectivity index (χ2v) is 3.78. The Bertz CT molecular complexity index is 240. The molecule has 0 bridgehead atoms. The molecule has 0 spiro atoms. The minimum Gasteiger partial charge on any atom is -0.463 e. The van der Waals surface area contributed by atoms with Gasteiger partial charge in [0.25, 0.3) is 0 Å². The molecule has 2 unspecified atom stereocenters. The van der Waals surface area contributed by atoms with Crippen molar-refractivity contribution in [3.8, 4) is 0 Å². The van der Waals surface area contributed by atoms with Crippen LogP contribution in [0.25, 0.3) is 0 Å². The van der Waals surface area contributed by atoms with Gasteiger partial charge in [-0.1, -0.05) is 0 Å². The summed E-state index contributed by atoms with van der Waals surface area (Å²) in [6, 6.07) is 0. The van der Waals surface area contributed by atoms with Crippen LogP contribution < -0.4 is 0 Å². The number of hydrogen-bond donors (Lipinski definition) is 0. The number of carbonyl (C=O) groups is 2. The highest BCUT2D eigenvalue weighted by Crippen LogP contribution is 2.10. The van der Waals surface area contributed by atoms with Gasteiger partial charge in [0.15, 0.2) is 0 Å². The van der Waals surface area contributed by atoms with E-state index >= 15 is 0 Å². The molecule has 6 heteroatoms. The van der Waals surface area contributed by atoms with Gasteiger partial charge in [-0.25, -0.2) is 0 Å². The minimum absolute atomic E-state index is 0.0527. The van der Waals surface area contributed by atoms with Gasteiger partial charge in [0.05, 0.1) is 26.1 Å². The Labute approximate surface area is 92.8 Å². The van der Waals surface area contributed by atoms with Crippen LogP contribution in [0.2, 0.25) is 0 Å². The van der Waals surface area contributed by atoms with Crippen LogP contribution in [-0.2, 0) is 28.5 Å². The van der Waals surface area contributed by atoms with Crippen LogP contribution in [0.3, 0.4) is 0 Å². The molecule has 2 rings (SSSR count). The van der Waals surface area contributed by atoms with Crippen molar-refractivity contribution in [2.45, 2.75) is 25.0 Å². The van der Waals surface area contributed by atoms with Crippen LogP contribution in [0.5, 0.6) is 0 Å². The normalized spacial score (nSPS) is 26.0. The third-order valence-corrected chi connectivity index (χ3v) is 2.20. The van der Waals surface area contributed by atoms with Crippen LogP contribution >= 0.6 is 0 Å². The van der Waals surface area contributed by atoms with E-state index in [2.05, 4.69) is 0 Å². The van der Waals surface area contributed by atoms with E-state index in [1.54, 1.807) is 0 Å². The van der Waals surface area contributed by atoms with E-state index in [-0.39, 0.29) is 38.3 Å². The lowest BCUT2D eigenvalue weighted by Gasteiger charge is -2.03. The minimum atomic E-state index is -0.393. The SMILES string of the molecule is O=C(CCC(=O)OCC1CO1)OCC1CO1. The Morgan fingerprint density at radius 3 is 1.62 bits per heavy atom. The van der Waals surface area contributed by atoms with Gasteiger partial charge in [0, 0.05) is 0 Å². The van der Waals surface area contributed by atoms with Crippen LogP contribution in [0.1, 0.15) is 12.8 Å². The average molecular weight is 230 g/mol. The molecule has 2 aliphatic heterocycles. The number of hydrogen-bond acceptors (Lipinski definition) is 6. The van der Waals surface area contributed by atoms with Gasteiger partial charge in [-0.2, -0.15) is 0 Å². The Kier molecular flexibility index (Phi) is 3.74. The van der Waals surface area contributed by atoms with Crippen LogP contribution in [-0.4, -0.2) is 50.6 Å². The predicted octanol–water partition coefficient (Wildman–Crippen LogP) is -0.349. The maximum atomic E-state index is 11.1. The van der Waals surface area contributed by atoms with Crippen LogP contribution in [0.4, 0.5) is 0 Å². The smallest absolute Gasteiger partial charge is 0.306 e. The topological polar surface area (TPSA) is 77.7 Å². The first kappa shape index (κ1) is 11.3. The van der Waals surface area contributed by atoms with Gasteiger partial charge in [-0.15, -0.1) is 0 Å². The summed E-state index contributed by atoms with van der Waals surface area (Å²) in [6.45, 7) is 1.86. The first-order chi connectivity index (χ1) is 7.74. The molecule has 6 nitrogen and oxygen atoms in total. The number of ether oxygens (including phenoxy) is 4. The lowest BCUT2D eigenvalue weighted by molar-refractivity contribution is -0.150. The molecule has 0 aliphatic carbocycles. The average Bonchev–Trinajstić information content (AvgIpc) is 3.15. The molecule has 0 radical (unpaired) electrons. The molecule has 0 aromatic rings. The van der Waals surface area contributed by atoms with E-state index in [1.807, 2.05) is 0 Å². The summed E-state index contributed by atoms with van der Waals surface area (Å²) in [7, 11) is 0. The monoisotopic (exact) mass is 230 g/mol. The van der Waals surface area contributed by atoms with Gasteiger partial charge >= 0.3 is 11.9 Å². The quantitative estimate of drug-likeness (QED) is 0.439. The third kappa shape index (κ3) is 4.59. The van der Waals surface area contributed by atoms with E-state index in [9.17, 15) is 9.59 Å². The summed E-state index contributed by atoms with van der Waals surface area (Å²) in [4.78, 5) is 22.2. The van der Waals surface area contributed by atoms with E-state index in [0.717, 1.165) is 0 Å². The van der Waals surface area contributed by atoms with Crippen molar-refractivity contribution >= 4 is 11.9 Å². The Hall–Kier alpha value is -1.14. The highest BCUT2D eigenvalue weighted by atomic mass is 16.6. The van der Waals surface area contributed by atoms with E-state index in [4.69, 9.17) is 18.9 Å². The summed E-state index contributed by atoms with van der Waals surface area (Å²) < 4.78 is 19.5. The van der Waals surface area contributed by atoms with Gasteiger partial charge in [0.1, 0.15) is 25.4 Å². The Morgan fingerprint density at radius 1 is 0.938 bits per heavy atom. The summed E-state index contributed by atoms with van der Waals surface area (Å²) in [5.74, 6) is -0.787. The van der Waals surface area contributed by atoms with Crippen LogP contribution in [0, 0.1) is 0 Å². The molecule has 0 aromatic carbocycles. The molecule has 2 atom stereocenters. The highest BCUT2D eigenvalue weighted by molar-refractivity contribution is 5.77. The summed E-state index contributed by atoms with van der Waals surface area (Å²) in [5, 5.41) is 0. The second-order valence-electron chi connectivity index (χ2n) is 3.78. The number of esters is 2. The third-order valence-electron chi connectivity index (χ3n) is 2.20. The largest absolute Gasteiger partial charge is 0.463 e. The van der Waals surface area contributed by atoms with Crippen molar-refractivity contribution in [2.24, 2.45) is 0 Å². The number of rotatable bonds is 7. The zero-order valence-corrected chi connectivity index (χ0v) is 8.85. The standard InChI is InChI=1S/C10H14O6/c11-9(15-5-7-3-13-7)1-2-10(12)16-6-8-4-14-8/h7-8H,1-6H2. The maximum Gasteiger partial charge on any atom is 0.306 e. The fraction of sp³-hybridized carbons (Fsp3) is 0.800. The van der Waals surface area contributed by atoms with Gasteiger partial charge in [-0.3, -0.25) is 9.59 Å². The van der Waals surface area contributed by atoms with Crippen molar-refractivity contribution in [1.82, 2.24) is 0 Å². The van der Waals surface area contributed by atoms with Gasteiger partial charge in [0.2, 0.25) is 0 Å². The molecule has 0 aromatic heterocycles. The molecule has 2 heterocycles. The zero-order chi connectivity index (χ0) is 11.4. The molecule has 90 valence electrons. The first-order valence-corrected chi connectivity index (χ1v) is 5.28. The molecule has 2 saturated heterocycles. The number of epoxide rings is 2. The molecule has 0 amide bonds. The fourth-order valence-electron chi connectivity index (χ4n) is 1.05. The fourth-order valence-corrected chi connectivity index (χ4v) is 1.05.